The van der Waals surface area contributed by atoms with Crippen molar-refractivity contribution in [2.24, 2.45) is 5.41 Å². The summed E-state index contributed by atoms with van der Waals surface area (Å²) in [4.78, 5) is 15.3. The smallest absolute Gasteiger partial charge is 0.258 e. The summed E-state index contributed by atoms with van der Waals surface area (Å²) in [7, 11) is 1.57. The maximum Gasteiger partial charge on any atom is 0.258 e. The third-order valence-electron chi connectivity index (χ3n) is 5.90. The second-order valence-corrected chi connectivity index (χ2v) is 7.63. The number of nitrogen functional groups attached to an aromatic ring is 1. The number of amides is 1. The molecule has 1 amide bonds. The minimum Gasteiger partial charge on any atom is -0.495 e. The summed E-state index contributed by atoms with van der Waals surface area (Å²) in [5.74, 6) is 0.535. The molecular weight excluding hydrogens is 336 g/mol. The van der Waals surface area contributed by atoms with Crippen LogP contribution in [0.5, 0.6) is 5.75 Å². The standard InChI is InChI=1S/C23H26N2O2/c1-27-21-15-17(9-10-19(21)24)22(26)25-14-13-23(11-5-2-6-12-23)16-18-7-3-4-8-20(18)25/h3-5,7-11,15H,2,6,12-14,16,24H2,1H3. The molecule has 4 nitrogen and oxygen atoms in total. The van der Waals surface area contributed by atoms with E-state index < -0.39 is 0 Å². The second kappa shape index (κ2) is 7.10. The van der Waals surface area contributed by atoms with Gasteiger partial charge in [-0.3, -0.25) is 4.79 Å². The van der Waals surface area contributed by atoms with Gasteiger partial charge in [0, 0.05) is 17.8 Å². The summed E-state index contributed by atoms with van der Waals surface area (Å²) >= 11 is 0. The van der Waals surface area contributed by atoms with Crippen LogP contribution in [0.4, 0.5) is 11.4 Å². The molecule has 1 atom stereocenters. The number of nitrogens with two attached hydrogens (primary N) is 1. The van der Waals surface area contributed by atoms with Crippen LogP contribution in [0, 0.1) is 5.41 Å². The number of benzene rings is 2. The van der Waals surface area contributed by atoms with Crippen LogP contribution >= 0.6 is 0 Å². The number of hydrogen-bond donors (Lipinski definition) is 1. The first-order chi connectivity index (χ1) is 13.1. The van der Waals surface area contributed by atoms with Gasteiger partial charge in [0.1, 0.15) is 5.75 Å². The third-order valence-corrected chi connectivity index (χ3v) is 5.90. The zero-order chi connectivity index (χ0) is 18.9. The topological polar surface area (TPSA) is 55.6 Å². The van der Waals surface area contributed by atoms with Crippen molar-refractivity contribution in [2.75, 3.05) is 24.3 Å². The molecule has 1 heterocycles. The van der Waals surface area contributed by atoms with Crippen LogP contribution < -0.4 is 15.4 Å². The molecule has 2 aromatic rings. The second-order valence-electron chi connectivity index (χ2n) is 7.63. The lowest BCUT2D eigenvalue weighted by atomic mass is 9.72. The Balaban J connectivity index is 1.72. The van der Waals surface area contributed by atoms with Crippen LogP contribution in [-0.4, -0.2) is 19.6 Å². The molecule has 140 valence electrons. The summed E-state index contributed by atoms with van der Waals surface area (Å²) in [6, 6.07) is 13.6. The van der Waals surface area contributed by atoms with Crippen molar-refractivity contribution >= 4 is 17.3 Å². The largest absolute Gasteiger partial charge is 0.495 e. The van der Waals surface area contributed by atoms with Gasteiger partial charge in [0.25, 0.3) is 5.91 Å². The SMILES string of the molecule is COc1cc(C(=O)N2CCC3(C=CCCC3)Cc3ccccc32)ccc1N. The van der Waals surface area contributed by atoms with Crippen molar-refractivity contribution in [3.05, 3.63) is 65.7 Å². The Kier molecular flexibility index (Phi) is 4.65. The quantitative estimate of drug-likeness (QED) is 0.628. The van der Waals surface area contributed by atoms with E-state index in [4.69, 9.17) is 10.5 Å². The summed E-state index contributed by atoms with van der Waals surface area (Å²) in [5.41, 5.74) is 9.50. The molecule has 0 fully saturated rings. The lowest BCUT2D eigenvalue weighted by Crippen LogP contribution is -2.33. The number of carbonyl (C=O) groups is 1. The number of hydrogen-bond acceptors (Lipinski definition) is 3. The van der Waals surface area contributed by atoms with Crippen molar-refractivity contribution < 1.29 is 9.53 Å². The van der Waals surface area contributed by atoms with Crippen LogP contribution in [0.1, 0.15) is 41.6 Å². The number of fused-ring (bicyclic) bond motifs is 1. The first kappa shape index (κ1) is 17.7. The van der Waals surface area contributed by atoms with Gasteiger partial charge < -0.3 is 15.4 Å². The predicted molar refractivity (Wildman–Crippen MR) is 109 cm³/mol. The van der Waals surface area contributed by atoms with Gasteiger partial charge in [-0.2, -0.15) is 0 Å². The molecule has 1 unspecified atom stereocenters. The molecule has 27 heavy (non-hydrogen) atoms. The summed E-state index contributed by atoms with van der Waals surface area (Å²) in [6.07, 6.45) is 10.3. The van der Waals surface area contributed by atoms with Crippen LogP contribution in [-0.2, 0) is 6.42 Å². The monoisotopic (exact) mass is 362 g/mol. The highest BCUT2D eigenvalue weighted by atomic mass is 16.5. The molecule has 4 rings (SSSR count). The van der Waals surface area contributed by atoms with E-state index in [2.05, 4.69) is 30.4 Å². The summed E-state index contributed by atoms with van der Waals surface area (Å²) < 4.78 is 5.30. The molecule has 0 bridgehead atoms. The van der Waals surface area contributed by atoms with Crippen LogP contribution in [0.25, 0.3) is 0 Å². The maximum absolute atomic E-state index is 13.4. The minimum atomic E-state index is -0.00223. The van der Waals surface area contributed by atoms with Crippen LogP contribution in [0.2, 0.25) is 0 Å². The van der Waals surface area contributed by atoms with E-state index in [9.17, 15) is 4.79 Å². The van der Waals surface area contributed by atoms with E-state index in [0.717, 1.165) is 24.9 Å². The van der Waals surface area contributed by atoms with Gasteiger partial charge in [-0.05, 0) is 67.3 Å². The van der Waals surface area contributed by atoms with Crippen molar-refractivity contribution in [1.29, 1.82) is 0 Å². The van der Waals surface area contributed by atoms with Crippen LogP contribution in [0.3, 0.4) is 0 Å². The molecule has 4 heteroatoms. The Morgan fingerprint density at radius 3 is 2.81 bits per heavy atom. The molecule has 0 aromatic heterocycles. The first-order valence-electron chi connectivity index (χ1n) is 9.63. The van der Waals surface area contributed by atoms with E-state index in [0.29, 0.717) is 23.5 Å². The lowest BCUT2D eigenvalue weighted by molar-refractivity contribution is 0.0984. The lowest BCUT2D eigenvalue weighted by Gasteiger charge is -2.32. The number of carbonyl (C=O) groups excluding carboxylic acids is 1. The normalized spacial score (nSPS) is 21.6. The Hall–Kier alpha value is -2.75. The highest BCUT2D eigenvalue weighted by molar-refractivity contribution is 6.07. The van der Waals surface area contributed by atoms with E-state index in [1.165, 1.54) is 18.4 Å². The van der Waals surface area contributed by atoms with Gasteiger partial charge in [-0.25, -0.2) is 0 Å². The molecule has 2 aromatic carbocycles. The van der Waals surface area contributed by atoms with E-state index in [1.54, 1.807) is 25.3 Å². The Morgan fingerprint density at radius 1 is 1.19 bits per heavy atom. The van der Waals surface area contributed by atoms with Crippen LogP contribution in [0.15, 0.2) is 54.6 Å². The molecule has 0 saturated carbocycles. The van der Waals surface area contributed by atoms with Gasteiger partial charge in [0.15, 0.2) is 0 Å². The number of para-hydroxylation sites is 1. The van der Waals surface area contributed by atoms with Gasteiger partial charge >= 0.3 is 0 Å². The van der Waals surface area contributed by atoms with Gasteiger partial charge in [0.05, 0.1) is 12.8 Å². The van der Waals surface area contributed by atoms with Crippen molar-refractivity contribution in [3.63, 3.8) is 0 Å². The molecule has 2 N–H and O–H groups in total. The van der Waals surface area contributed by atoms with E-state index in [1.807, 2.05) is 11.0 Å². The zero-order valence-corrected chi connectivity index (χ0v) is 15.8. The molecule has 1 spiro atoms. The first-order valence-corrected chi connectivity index (χ1v) is 9.63. The maximum atomic E-state index is 13.4. The number of methoxy groups -OCH3 is 1. The molecular formula is C23H26N2O2. The number of ether oxygens (including phenoxy) is 1. The van der Waals surface area contributed by atoms with Gasteiger partial charge in [-0.15, -0.1) is 0 Å². The molecule has 0 radical (unpaired) electrons. The Morgan fingerprint density at radius 2 is 2.04 bits per heavy atom. The van der Waals surface area contributed by atoms with Crippen molar-refractivity contribution in [2.45, 2.75) is 32.1 Å². The molecule has 2 aliphatic rings. The fourth-order valence-corrected chi connectivity index (χ4v) is 4.40. The third kappa shape index (κ3) is 3.32. The molecule has 1 aliphatic heterocycles. The Labute approximate surface area is 160 Å². The summed E-state index contributed by atoms with van der Waals surface area (Å²) in [5, 5.41) is 0. The fourth-order valence-electron chi connectivity index (χ4n) is 4.40. The summed E-state index contributed by atoms with van der Waals surface area (Å²) in [6.45, 7) is 0.715. The number of rotatable bonds is 2. The zero-order valence-electron chi connectivity index (χ0n) is 15.8. The average molecular weight is 362 g/mol. The average Bonchev–Trinajstić information content (AvgIpc) is 2.85. The Bertz CT molecular complexity index is 890. The molecule has 1 aliphatic carbocycles. The predicted octanol–water partition coefficient (Wildman–Crippen LogP) is 4.60. The van der Waals surface area contributed by atoms with E-state index in [-0.39, 0.29) is 11.3 Å². The van der Waals surface area contributed by atoms with Gasteiger partial charge in [0.2, 0.25) is 0 Å². The fraction of sp³-hybridized carbons (Fsp3) is 0.348. The van der Waals surface area contributed by atoms with Crippen molar-refractivity contribution in [1.82, 2.24) is 0 Å². The van der Waals surface area contributed by atoms with Crippen molar-refractivity contribution in [3.8, 4) is 5.75 Å². The number of anilines is 2. The number of nitrogens with zero attached hydrogens (tertiary/aromatic N) is 1. The highest BCUT2D eigenvalue weighted by Crippen LogP contribution is 2.43. The highest BCUT2D eigenvalue weighted by Gasteiger charge is 2.35. The van der Waals surface area contributed by atoms with Gasteiger partial charge in [-0.1, -0.05) is 30.4 Å². The molecule has 0 saturated heterocycles. The minimum absolute atomic E-state index is 0.00223. The van der Waals surface area contributed by atoms with E-state index >= 15 is 0 Å². The number of allylic oxidation sites excluding steroid dienone is 2.